The Kier molecular flexibility index (Phi) is 3.91. The lowest BCUT2D eigenvalue weighted by atomic mass is 9.95. The standard InChI is InChI=1S/C15H22N2O/c1-2-6-15-12(4-1)7-8-13(17-15)5-3-9-18-14-10-16-11-14/h7-8,14,16H,1-6,9-11H2. The molecule has 0 atom stereocenters. The molecule has 0 unspecified atom stereocenters. The first-order valence-corrected chi connectivity index (χ1v) is 7.22. The minimum atomic E-state index is 0.460. The maximum atomic E-state index is 5.72. The number of nitrogens with one attached hydrogen (secondary N) is 1. The number of hydrogen-bond acceptors (Lipinski definition) is 3. The fourth-order valence-corrected chi connectivity index (χ4v) is 2.65. The van der Waals surface area contributed by atoms with Gasteiger partial charge in [-0.2, -0.15) is 0 Å². The van der Waals surface area contributed by atoms with E-state index in [1.54, 1.807) is 0 Å². The lowest BCUT2D eigenvalue weighted by Gasteiger charge is -2.27. The van der Waals surface area contributed by atoms with Crippen molar-refractivity contribution in [2.24, 2.45) is 0 Å². The number of fused-ring (bicyclic) bond motifs is 1. The van der Waals surface area contributed by atoms with Crippen molar-refractivity contribution in [2.45, 2.75) is 44.6 Å². The summed E-state index contributed by atoms with van der Waals surface area (Å²) in [5.74, 6) is 0. The van der Waals surface area contributed by atoms with Gasteiger partial charge in [-0.1, -0.05) is 6.07 Å². The Morgan fingerprint density at radius 3 is 2.94 bits per heavy atom. The van der Waals surface area contributed by atoms with Gasteiger partial charge in [0.05, 0.1) is 6.10 Å². The van der Waals surface area contributed by atoms with Crippen molar-refractivity contribution in [1.82, 2.24) is 10.3 Å². The van der Waals surface area contributed by atoms with Gasteiger partial charge in [0.2, 0.25) is 0 Å². The van der Waals surface area contributed by atoms with Crippen molar-refractivity contribution in [2.75, 3.05) is 19.7 Å². The maximum absolute atomic E-state index is 5.72. The molecule has 2 aliphatic rings. The van der Waals surface area contributed by atoms with E-state index in [2.05, 4.69) is 17.4 Å². The Morgan fingerprint density at radius 2 is 2.11 bits per heavy atom. The topological polar surface area (TPSA) is 34.1 Å². The molecule has 0 aromatic carbocycles. The van der Waals surface area contributed by atoms with Crippen LogP contribution in [0.15, 0.2) is 12.1 Å². The van der Waals surface area contributed by atoms with Gasteiger partial charge in [0.15, 0.2) is 0 Å². The monoisotopic (exact) mass is 246 g/mol. The third-order valence-electron chi connectivity index (χ3n) is 3.91. The van der Waals surface area contributed by atoms with E-state index in [4.69, 9.17) is 9.72 Å². The van der Waals surface area contributed by atoms with Gasteiger partial charge in [-0.15, -0.1) is 0 Å². The molecule has 0 amide bonds. The van der Waals surface area contributed by atoms with Crippen molar-refractivity contribution in [3.05, 3.63) is 29.1 Å². The number of aryl methyl sites for hydroxylation is 3. The van der Waals surface area contributed by atoms with E-state index in [0.29, 0.717) is 6.10 Å². The molecular weight excluding hydrogens is 224 g/mol. The third kappa shape index (κ3) is 2.90. The summed E-state index contributed by atoms with van der Waals surface area (Å²) in [6, 6.07) is 4.49. The van der Waals surface area contributed by atoms with Crippen LogP contribution in [-0.2, 0) is 24.0 Å². The van der Waals surface area contributed by atoms with Crippen LogP contribution < -0.4 is 5.32 Å². The van der Waals surface area contributed by atoms with Crippen LogP contribution in [-0.4, -0.2) is 30.8 Å². The molecule has 3 nitrogen and oxygen atoms in total. The molecule has 3 rings (SSSR count). The summed E-state index contributed by atoms with van der Waals surface area (Å²) in [6.45, 7) is 2.92. The minimum Gasteiger partial charge on any atom is -0.376 e. The number of nitrogens with zero attached hydrogens (tertiary/aromatic N) is 1. The number of rotatable bonds is 5. The van der Waals surface area contributed by atoms with Crippen LogP contribution in [0, 0.1) is 0 Å². The Hall–Kier alpha value is -0.930. The molecule has 18 heavy (non-hydrogen) atoms. The van der Waals surface area contributed by atoms with Crippen LogP contribution in [0.1, 0.15) is 36.2 Å². The van der Waals surface area contributed by atoms with E-state index in [0.717, 1.165) is 32.5 Å². The largest absolute Gasteiger partial charge is 0.376 e. The second-order valence-electron chi connectivity index (χ2n) is 5.37. The molecule has 0 radical (unpaired) electrons. The fourth-order valence-electron chi connectivity index (χ4n) is 2.65. The summed E-state index contributed by atoms with van der Waals surface area (Å²) in [6.07, 6.45) is 7.63. The molecule has 98 valence electrons. The van der Waals surface area contributed by atoms with Crippen molar-refractivity contribution >= 4 is 0 Å². The van der Waals surface area contributed by atoms with Gasteiger partial charge in [-0.3, -0.25) is 4.98 Å². The van der Waals surface area contributed by atoms with Gasteiger partial charge in [0.1, 0.15) is 0 Å². The van der Waals surface area contributed by atoms with Crippen LogP contribution in [0.5, 0.6) is 0 Å². The van der Waals surface area contributed by atoms with E-state index < -0.39 is 0 Å². The Labute approximate surface area is 109 Å². The first-order chi connectivity index (χ1) is 8.92. The number of pyridine rings is 1. The summed E-state index contributed by atoms with van der Waals surface area (Å²) in [4.78, 5) is 4.80. The van der Waals surface area contributed by atoms with Gasteiger partial charge in [-0.05, 0) is 50.2 Å². The van der Waals surface area contributed by atoms with Crippen LogP contribution in [0.4, 0.5) is 0 Å². The highest BCUT2D eigenvalue weighted by Gasteiger charge is 2.16. The Balaban J connectivity index is 1.46. The predicted molar refractivity (Wildman–Crippen MR) is 71.8 cm³/mol. The van der Waals surface area contributed by atoms with E-state index in [-0.39, 0.29) is 0 Å². The second kappa shape index (κ2) is 5.81. The SMILES string of the molecule is c1cc2c(nc1CCCOC1CNC1)CCCC2. The van der Waals surface area contributed by atoms with Gasteiger partial charge < -0.3 is 10.1 Å². The van der Waals surface area contributed by atoms with E-state index in [1.165, 1.54) is 42.6 Å². The van der Waals surface area contributed by atoms with E-state index >= 15 is 0 Å². The third-order valence-corrected chi connectivity index (χ3v) is 3.91. The molecule has 1 fully saturated rings. The quantitative estimate of drug-likeness (QED) is 0.806. The van der Waals surface area contributed by atoms with Crippen molar-refractivity contribution in [3.8, 4) is 0 Å². The number of aromatic nitrogens is 1. The zero-order chi connectivity index (χ0) is 12.2. The average Bonchev–Trinajstić information content (AvgIpc) is 2.36. The second-order valence-corrected chi connectivity index (χ2v) is 5.37. The molecule has 1 aromatic heterocycles. The van der Waals surface area contributed by atoms with Crippen LogP contribution >= 0.6 is 0 Å². The molecule has 0 spiro atoms. The molecular formula is C15H22N2O. The number of ether oxygens (including phenoxy) is 1. The first kappa shape index (κ1) is 12.1. The Morgan fingerprint density at radius 1 is 1.22 bits per heavy atom. The molecule has 1 aliphatic carbocycles. The van der Waals surface area contributed by atoms with Gasteiger partial charge in [0.25, 0.3) is 0 Å². The molecule has 2 heterocycles. The van der Waals surface area contributed by atoms with Crippen LogP contribution in [0.3, 0.4) is 0 Å². The highest BCUT2D eigenvalue weighted by atomic mass is 16.5. The van der Waals surface area contributed by atoms with E-state index in [9.17, 15) is 0 Å². The molecule has 1 N–H and O–H groups in total. The van der Waals surface area contributed by atoms with E-state index in [1.807, 2.05) is 0 Å². The fraction of sp³-hybridized carbons (Fsp3) is 0.667. The van der Waals surface area contributed by atoms with Crippen molar-refractivity contribution in [1.29, 1.82) is 0 Å². The van der Waals surface area contributed by atoms with Crippen LogP contribution in [0.25, 0.3) is 0 Å². The molecule has 3 heteroatoms. The lowest BCUT2D eigenvalue weighted by molar-refractivity contribution is 0.0178. The minimum absolute atomic E-state index is 0.460. The zero-order valence-electron chi connectivity index (χ0n) is 11.0. The molecule has 1 aliphatic heterocycles. The zero-order valence-corrected chi connectivity index (χ0v) is 11.0. The summed E-state index contributed by atoms with van der Waals surface area (Å²) in [7, 11) is 0. The summed E-state index contributed by atoms with van der Waals surface area (Å²) in [5.41, 5.74) is 4.07. The Bertz CT molecular complexity index is 401. The normalized spacial score (nSPS) is 19.3. The average molecular weight is 246 g/mol. The van der Waals surface area contributed by atoms with Gasteiger partial charge in [-0.25, -0.2) is 0 Å². The summed E-state index contributed by atoms with van der Waals surface area (Å²) in [5, 5.41) is 3.22. The maximum Gasteiger partial charge on any atom is 0.0823 e. The molecule has 1 saturated heterocycles. The summed E-state index contributed by atoms with van der Waals surface area (Å²) >= 11 is 0. The van der Waals surface area contributed by atoms with Crippen molar-refractivity contribution in [3.63, 3.8) is 0 Å². The first-order valence-electron chi connectivity index (χ1n) is 7.22. The van der Waals surface area contributed by atoms with Gasteiger partial charge >= 0.3 is 0 Å². The van der Waals surface area contributed by atoms with Crippen molar-refractivity contribution < 1.29 is 4.74 Å². The highest BCUT2D eigenvalue weighted by molar-refractivity contribution is 5.25. The molecule has 0 bridgehead atoms. The lowest BCUT2D eigenvalue weighted by Crippen LogP contribution is -2.48. The highest BCUT2D eigenvalue weighted by Crippen LogP contribution is 2.19. The van der Waals surface area contributed by atoms with Crippen LogP contribution in [0.2, 0.25) is 0 Å². The van der Waals surface area contributed by atoms with Gasteiger partial charge in [0, 0.05) is 31.1 Å². The molecule has 0 saturated carbocycles. The summed E-state index contributed by atoms with van der Waals surface area (Å²) < 4.78 is 5.72. The predicted octanol–water partition coefficient (Wildman–Crippen LogP) is 1.88. The smallest absolute Gasteiger partial charge is 0.0823 e. The number of hydrogen-bond donors (Lipinski definition) is 1. The molecule has 1 aromatic rings.